The van der Waals surface area contributed by atoms with Crippen LogP contribution in [0, 0.1) is 0 Å². The minimum absolute atomic E-state index is 0.0877. The Labute approximate surface area is 149 Å². The minimum Gasteiger partial charge on any atom is -0.456 e. The molecule has 0 saturated carbocycles. The van der Waals surface area contributed by atoms with Gasteiger partial charge in [0.05, 0.1) is 10.2 Å². The molecule has 5 nitrogen and oxygen atoms in total. The Bertz CT molecular complexity index is 701. The van der Waals surface area contributed by atoms with Crippen LogP contribution in [0.3, 0.4) is 0 Å². The van der Waals surface area contributed by atoms with Crippen LogP contribution in [0.25, 0.3) is 10.2 Å². The maximum Gasteiger partial charge on any atom is 0.405 e. The van der Waals surface area contributed by atoms with Crippen LogP contribution >= 0.6 is 23.1 Å². The molecule has 0 aliphatic carbocycles. The molecule has 0 fully saturated rings. The molecule has 0 spiro atoms. The van der Waals surface area contributed by atoms with Crippen LogP contribution in [0.5, 0.6) is 0 Å². The van der Waals surface area contributed by atoms with E-state index in [0.29, 0.717) is 12.2 Å². The SMILES string of the molecule is O=C(COC(=O)CCCSc1nc2ccccc2s1)NCC(F)(F)F. The first-order chi connectivity index (χ1) is 11.8. The number of esters is 1. The number of nitrogens with one attached hydrogen (secondary N) is 1. The number of carbonyl (C=O) groups excluding carboxylic acids is 2. The number of hydrogen-bond acceptors (Lipinski definition) is 6. The lowest BCUT2D eigenvalue weighted by molar-refractivity contribution is -0.151. The standard InChI is InChI=1S/C15H15F3N2O3S2/c16-15(17,18)9-19-12(21)8-23-13(22)6-3-7-24-14-20-10-4-1-2-5-11(10)25-14/h1-2,4-5H,3,6-9H2,(H,19,21). The predicted octanol–water partition coefficient (Wildman–Crippen LogP) is 3.39. The highest BCUT2D eigenvalue weighted by Crippen LogP contribution is 2.29. The molecule has 0 aliphatic heterocycles. The van der Waals surface area contributed by atoms with E-state index in [1.54, 1.807) is 16.7 Å². The van der Waals surface area contributed by atoms with Gasteiger partial charge in [0.2, 0.25) is 0 Å². The van der Waals surface area contributed by atoms with Crippen LogP contribution in [0.15, 0.2) is 28.6 Å². The quantitative estimate of drug-likeness (QED) is 0.424. The van der Waals surface area contributed by atoms with Gasteiger partial charge in [-0.05, 0) is 18.6 Å². The number of benzene rings is 1. The minimum atomic E-state index is -4.49. The zero-order valence-corrected chi connectivity index (χ0v) is 14.6. The Kier molecular flexibility index (Phi) is 7.06. The van der Waals surface area contributed by atoms with E-state index < -0.39 is 31.2 Å². The molecule has 1 amide bonds. The van der Waals surface area contributed by atoms with Crippen molar-refractivity contribution in [2.24, 2.45) is 0 Å². The molecule has 1 aromatic heterocycles. The van der Waals surface area contributed by atoms with Crippen LogP contribution in [0.4, 0.5) is 13.2 Å². The van der Waals surface area contributed by atoms with Gasteiger partial charge in [0, 0.05) is 12.2 Å². The summed E-state index contributed by atoms with van der Waals surface area (Å²) in [6.07, 6.45) is -3.88. The van der Waals surface area contributed by atoms with Crippen molar-refractivity contribution in [2.45, 2.75) is 23.4 Å². The molecule has 136 valence electrons. The number of ether oxygens (including phenoxy) is 1. The van der Waals surface area contributed by atoms with Crippen molar-refractivity contribution in [1.29, 1.82) is 0 Å². The molecule has 0 saturated heterocycles. The lowest BCUT2D eigenvalue weighted by Gasteiger charge is -2.08. The van der Waals surface area contributed by atoms with Crippen molar-refractivity contribution in [3.63, 3.8) is 0 Å². The number of amides is 1. The first kappa shape index (κ1) is 19.5. The van der Waals surface area contributed by atoms with Crippen LogP contribution in [-0.2, 0) is 14.3 Å². The summed E-state index contributed by atoms with van der Waals surface area (Å²) < 4.78 is 42.3. The fourth-order valence-electron chi connectivity index (χ4n) is 1.76. The van der Waals surface area contributed by atoms with Gasteiger partial charge in [-0.1, -0.05) is 23.9 Å². The molecule has 0 unspecified atom stereocenters. The molecule has 10 heteroatoms. The number of rotatable bonds is 8. The van der Waals surface area contributed by atoms with E-state index in [1.165, 1.54) is 11.8 Å². The second-order valence-electron chi connectivity index (χ2n) is 4.95. The third-order valence-electron chi connectivity index (χ3n) is 2.88. The molecule has 0 atom stereocenters. The molecule has 1 N–H and O–H groups in total. The number of alkyl halides is 3. The van der Waals surface area contributed by atoms with Gasteiger partial charge >= 0.3 is 12.1 Å². The lowest BCUT2D eigenvalue weighted by atomic mass is 10.3. The Hall–Kier alpha value is -1.81. The molecule has 25 heavy (non-hydrogen) atoms. The number of carbonyl (C=O) groups is 2. The van der Waals surface area contributed by atoms with Crippen LogP contribution in [0.2, 0.25) is 0 Å². The van der Waals surface area contributed by atoms with Gasteiger partial charge in [-0.3, -0.25) is 9.59 Å². The summed E-state index contributed by atoms with van der Waals surface area (Å²) in [7, 11) is 0. The molecular weight excluding hydrogens is 377 g/mol. The highest BCUT2D eigenvalue weighted by Gasteiger charge is 2.27. The van der Waals surface area contributed by atoms with Crippen LogP contribution < -0.4 is 5.32 Å². The Balaban J connectivity index is 1.59. The largest absolute Gasteiger partial charge is 0.456 e. The second kappa shape index (κ2) is 9.04. The smallest absolute Gasteiger partial charge is 0.405 e. The lowest BCUT2D eigenvalue weighted by Crippen LogP contribution is -2.36. The Morgan fingerprint density at radius 3 is 2.76 bits per heavy atom. The number of para-hydroxylation sites is 1. The van der Waals surface area contributed by atoms with Gasteiger partial charge in [-0.2, -0.15) is 13.2 Å². The summed E-state index contributed by atoms with van der Waals surface area (Å²) >= 11 is 3.09. The van der Waals surface area contributed by atoms with E-state index in [1.807, 2.05) is 24.3 Å². The van der Waals surface area contributed by atoms with E-state index >= 15 is 0 Å². The summed E-state index contributed by atoms with van der Waals surface area (Å²) in [6, 6.07) is 7.77. The van der Waals surface area contributed by atoms with Crippen molar-refractivity contribution >= 4 is 45.2 Å². The first-order valence-electron chi connectivity index (χ1n) is 7.31. The van der Waals surface area contributed by atoms with Crippen molar-refractivity contribution in [3.05, 3.63) is 24.3 Å². The Morgan fingerprint density at radius 1 is 1.28 bits per heavy atom. The maximum atomic E-state index is 11.9. The third-order valence-corrected chi connectivity index (χ3v) is 5.14. The van der Waals surface area contributed by atoms with Crippen molar-refractivity contribution in [1.82, 2.24) is 10.3 Å². The normalized spacial score (nSPS) is 11.5. The monoisotopic (exact) mass is 392 g/mol. The number of halogens is 3. The summed E-state index contributed by atoms with van der Waals surface area (Å²) in [6.45, 7) is -2.15. The average Bonchev–Trinajstić information content (AvgIpc) is 2.97. The van der Waals surface area contributed by atoms with Gasteiger partial charge in [0.25, 0.3) is 5.91 Å². The van der Waals surface area contributed by atoms with Gasteiger partial charge in [-0.15, -0.1) is 11.3 Å². The van der Waals surface area contributed by atoms with Crippen LogP contribution in [-0.4, -0.2) is 41.9 Å². The summed E-state index contributed by atoms with van der Waals surface area (Å²) in [5, 5.41) is 1.63. The topological polar surface area (TPSA) is 68.3 Å². The molecule has 0 bridgehead atoms. The van der Waals surface area contributed by atoms with E-state index in [9.17, 15) is 22.8 Å². The number of aromatic nitrogens is 1. The highest BCUT2D eigenvalue weighted by atomic mass is 32.2. The van der Waals surface area contributed by atoms with E-state index in [2.05, 4.69) is 9.72 Å². The Morgan fingerprint density at radius 2 is 2.04 bits per heavy atom. The molecule has 1 heterocycles. The molecule has 0 aliphatic rings. The highest BCUT2D eigenvalue weighted by molar-refractivity contribution is 8.01. The van der Waals surface area contributed by atoms with Crippen LogP contribution in [0.1, 0.15) is 12.8 Å². The predicted molar refractivity (Wildman–Crippen MR) is 89.6 cm³/mol. The zero-order valence-electron chi connectivity index (χ0n) is 13.0. The average molecular weight is 392 g/mol. The van der Waals surface area contributed by atoms with Crippen molar-refractivity contribution in [3.8, 4) is 0 Å². The second-order valence-corrected chi connectivity index (χ2v) is 7.32. The molecule has 2 aromatic rings. The van der Waals surface area contributed by atoms with Crippen molar-refractivity contribution < 1.29 is 27.5 Å². The first-order valence-corrected chi connectivity index (χ1v) is 9.11. The zero-order chi connectivity index (χ0) is 18.3. The number of fused-ring (bicyclic) bond motifs is 1. The fraction of sp³-hybridized carbons (Fsp3) is 0.400. The van der Waals surface area contributed by atoms with E-state index in [-0.39, 0.29) is 6.42 Å². The number of hydrogen-bond donors (Lipinski definition) is 1. The number of nitrogens with zero attached hydrogens (tertiary/aromatic N) is 1. The van der Waals surface area contributed by atoms with Crippen molar-refractivity contribution in [2.75, 3.05) is 18.9 Å². The van der Waals surface area contributed by atoms with Gasteiger partial charge < -0.3 is 10.1 Å². The summed E-state index contributed by atoms with van der Waals surface area (Å²) in [5.41, 5.74) is 0.930. The maximum absolute atomic E-state index is 11.9. The summed E-state index contributed by atoms with van der Waals surface area (Å²) in [4.78, 5) is 27.0. The van der Waals surface area contributed by atoms with E-state index in [0.717, 1.165) is 14.6 Å². The molecule has 0 radical (unpaired) electrons. The fourth-order valence-corrected chi connectivity index (χ4v) is 3.84. The number of thiazole rings is 1. The van der Waals surface area contributed by atoms with Gasteiger partial charge in [0.15, 0.2) is 10.9 Å². The third kappa shape index (κ3) is 7.30. The van der Waals surface area contributed by atoms with Gasteiger partial charge in [0.1, 0.15) is 6.54 Å². The number of thioether (sulfide) groups is 1. The molecular formula is C15H15F3N2O3S2. The van der Waals surface area contributed by atoms with E-state index in [4.69, 9.17) is 0 Å². The summed E-state index contributed by atoms with van der Waals surface area (Å²) in [5.74, 6) is -0.948. The van der Waals surface area contributed by atoms with Gasteiger partial charge in [-0.25, -0.2) is 4.98 Å². The molecule has 2 rings (SSSR count). The molecule has 1 aromatic carbocycles.